The van der Waals surface area contributed by atoms with Crippen molar-refractivity contribution in [3.8, 4) is 0 Å². The molecule has 0 radical (unpaired) electrons. The van der Waals surface area contributed by atoms with Crippen molar-refractivity contribution in [2.45, 2.75) is 58.7 Å². The molecule has 7 heteroatoms. The summed E-state index contributed by atoms with van der Waals surface area (Å²) in [6, 6.07) is 6.30. The van der Waals surface area contributed by atoms with E-state index < -0.39 is 16.1 Å². The van der Waals surface area contributed by atoms with Gasteiger partial charge in [-0.2, -0.15) is 4.31 Å². The highest BCUT2D eigenvalue weighted by molar-refractivity contribution is 7.89. The lowest BCUT2D eigenvalue weighted by Gasteiger charge is -2.62. The van der Waals surface area contributed by atoms with Crippen LogP contribution in [0.1, 0.15) is 56.0 Å². The second-order valence-electron chi connectivity index (χ2n) is 9.60. The highest BCUT2D eigenvalue weighted by Gasteiger charge is 2.56. The van der Waals surface area contributed by atoms with Gasteiger partial charge in [-0.3, -0.25) is 9.59 Å². The van der Waals surface area contributed by atoms with Crippen LogP contribution in [0.4, 0.5) is 0 Å². The van der Waals surface area contributed by atoms with Crippen LogP contribution in [0.15, 0.2) is 24.3 Å². The molecule has 4 fully saturated rings. The van der Waals surface area contributed by atoms with Crippen LogP contribution in [0, 0.1) is 23.2 Å². The molecule has 158 valence electrons. The lowest BCUT2D eigenvalue weighted by Crippen LogP contribution is -2.61. The molecule has 29 heavy (non-hydrogen) atoms. The molecule has 0 aromatic heterocycles. The molecule has 1 aliphatic heterocycles. The monoisotopic (exact) mass is 418 g/mol. The molecule has 2 bridgehead atoms. The van der Waals surface area contributed by atoms with Crippen molar-refractivity contribution in [1.82, 2.24) is 9.62 Å². The predicted octanol–water partition coefficient (Wildman–Crippen LogP) is 2.59. The molecule has 1 N–H and O–H groups in total. The number of carbonyl (C=O) groups excluding carboxylic acids is 2. The number of aldehydes is 1. The average Bonchev–Trinajstić information content (AvgIpc) is 2.97. The summed E-state index contributed by atoms with van der Waals surface area (Å²) in [7, 11) is -3.49. The van der Waals surface area contributed by atoms with Gasteiger partial charge in [0.25, 0.3) is 0 Å². The number of sulfonamides is 1. The third-order valence-electron chi connectivity index (χ3n) is 7.76. The molecule has 3 saturated carbocycles. The highest BCUT2D eigenvalue weighted by Crippen LogP contribution is 2.61. The number of hydrogen-bond acceptors (Lipinski definition) is 4. The first-order valence-electron chi connectivity index (χ1n) is 10.5. The van der Waals surface area contributed by atoms with Crippen LogP contribution in [0.25, 0.3) is 0 Å². The number of fused-ring (bicyclic) bond motifs is 2. The molecule has 1 aromatic carbocycles. The summed E-state index contributed by atoms with van der Waals surface area (Å²) in [5, 5.41) is 3.18. The van der Waals surface area contributed by atoms with Gasteiger partial charge in [0.05, 0.1) is 5.75 Å². The van der Waals surface area contributed by atoms with E-state index in [1.54, 1.807) is 24.3 Å². The second kappa shape index (κ2) is 7.20. The number of carbonyl (C=O) groups is 2. The van der Waals surface area contributed by atoms with E-state index in [4.69, 9.17) is 0 Å². The molecule has 3 aliphatic carbocycles. The zero-order valence-corrected chi connectivity index (χ0v) is 18.1. The van der Waals surface area contributed by atoms with Crippen LogP contribution in [-0.2, 0) is 21.4 Å². The van der Waals surface area contributed by atoms with E-state index in [2.05, 4.69) is 26.1 Å². The zero-order chi connectivity index (χ0) is 21.0. The molecule has 1 saturated heterocycles. The Bertz CT molecular complexity index is 926. The second-order valence-corrected chi connectivity index (χ2v) is 11.6. The van der Waals surface area contributed by atoms with Gasteiger partial charge in [0.15, 0.2) is 0 Å². The van der Waals surface area contributed by atoms with Gasteiger partial charge >= 0.3 is 0 Å². The fraction of sp³-hybridized carbons (Fsp3) is 0.636. The Balaban J connectivity index is 1.48. The topological polar surface area (TPSA) is 83.6 Å². The Morgan fingerprint density at radius 1 is 1.31 bits per heavy atom. The minimum Gasteiger partial charge on any atom is -0.352 e. The maximum Gasteiger partial charge on any atom is 0.238 e. The van der Waals surface area contributed by atoms with Crippen molar-refractivity contribution in [1.29, 1.82) is 0 Å². The van der Waals surface area contributed by atoms with Gasteiger partial charge in [-0.05, 0) is 54.1 Å². The first kappa shape index (κ1) is 20.5. The first-order valence-corrected chi connectivity index (χ1v) is 12.1. The first-order chi connectivity index (χ1) is 13.6. The lowest BCUT2D eigenvalue weighted by molar-refractivity contribution is -0.136. The maximum atomic E-state index is 13.1. The van der Waals surface area contributed by atoms with Crippen molar-refractivity contribution in [2.24, 2.45) is 23.2 Å². The largest absolute Gasteiger partial charge is 0.352 e. The van der Waals surface area contributed by atoms with E-state index in [9.17, 15) is 18.0 Å². The van der Waals surface area contributed by atoms with Crippen LogP contribution in [0.3, 0.4) is 0 Å². The van der Waals surface area contributed by atoms with Crippen molar-refractivity contribution in [2.75, 3.05) is 5.75 Å². The van der Waals surface area contributed by atoms with Gasteiger partial charge in [0, 0.05) is 18.2 Å². The van der Waals surface area contributed by atoms with E-state index in [1.807, 2.05) is 0 Å². The maximum absolute atomic E-state index is 13.1. The molecule has 1 unspecified atom stereocenters. The summed E-state index contributed by atoms with van der Waals surface area (Å²) in [6.07, 6.45) is 3.25. The van der Waals surface area contributed by atoms with E-state index in [1.165, 1.54) is 10.7 Å². The molecular formula is C22H30N2O4S. The number of amides is 1. The number of nitrogens with zero attached hydrogens (tertiary/aromatic N) is 1. The summed E-state index contributed by atoms with van der Waals surface area (Å²) >= 11 is 0. The predicted molar refractivity (Wildman–Crippen MR) is 111 cm³/mol. The molecule has 1 aromatic rings. The lowest BCUT2D eigenvalue weighted by atomic mass is 9.45. The Morgan fingerprint density at radius 2 is 2.07 bits per heavy atom. The number of rotatable bonds is 5. The normalized spacial score (nSPS) is 34.9. The van der Waals surface area contributed by atoms with Crippen molar-refractivity contribution >= 4 is 22.2 Å². The quantitative estimate of drug-likeness (QED) is 0.745. The summed E-state index contributed by atoms with van der Waals surface area (Å²) in [4.78, 5) is 24.1. The fourth-order valence-electron chi connectivity index (χ4n) is 5.75. The third-order valence-corrected chi connectivity index (χ3v) is 9.61. The minimum atomic E-state index is -3.49. The van der Waals surface area contributed by atoms with E-state index in [0.717, 1.165) is 12.7 Å². The molecule has 0 spiro atoms. The fourth-order valence-corrected chi connectivity index (χ4v) is 7.44. The van der Waals surface area contributed by atoms with Gasteiger partial charge in [-0.15, -0.1) is 0 Å². The van der Waals surface area contributed by atoms with Crippen LogP contribution >= 0.6 is 0 Å². The Hall–Kier alpha value is -1.73. The van der Waals surface area contributed by atoms with Gasteiger partial charge in [0.2, 0.25) is 15.9 Å². The SMILES string of the molecule is C[C@@H]1[C@@H](NC(=O)C2CCS(=O)(=O)N2Cc2cccc(C=O)c2)C[C@@H]2C[C@H]1C2(C)C. The summed E-state index contributed by atoms with van der Waals surface area (Å²) in [5.74, 6) is 1.43. The standard InChI is InChI=1S/C22H30N2O4S/c1-14-18-10-17(22(18,2)3)11-19(14)23-21(26)20-7-8-29(27,28)24(20)12-15-5-4-6-16(9-15)13-25/h4-6,9,13-14,17-20H,7-8,10-12H2,1-3H3,(H,23,26)/t14-,17-,18+,19-,20?/m0/s1. The van der Waals surface area contributed by atoms with Gasteiger partial charge < -0.3 is 5.32 Å². The van der Waals surface area contributed by atoms with Crippen molar-refractivity contribution in [3.05, 3.63) is 35.4 Å². The van der Waals surface area contributed by atoms with E-state index >= 15 is 0 Å². The average molecular weight is 419 g/mol. The van der Waals surface area contributed by atoms with E-state index in [-0.39, 0.29) is 24.2 Å². The van der Waals surface area contributed by atoms with Crippen LogP contribution in [0.5, 0.6) is 0 Å². The van der Waals surface area contributed by atoms with Gasteiger partial charge in [0.1, 0.15) is 12.3 Å². The molecule has 4 aliphatic rings. The molecule has 5 atom stereocenters. The molecule has 6 nitrogen and oxygen atoms in total. The summed E-state index contributed by atoms with van der Waals surface area (Å²) < 4.78 is 26.5. The molecule has 1 heterocycles. The van der Waals surface area contributed by atoms with Crippen LogP contribution in [-0.4, -0.2) is 42.8 Å². The number of nitrogens with one attached hydrogen (secondary N) is 1. The Kier molecular flexibility index (Phi) is 5.10. The number of benzene rings is 1. The number of hydrogen-bond donors (Lipinski definition) is 1. The molecule has 5 rings (SSSR count). The summed E-state index contributed by atoms with van der Waals surface area (Å²) in [6.45, 7) is 6.96. The van der Waals surface area contributed by atoms with Gasteiger partial charge in [-0.1, -0.05) is 39.0 Å². The molecular weight excluding hydrogens is 388 g/mol. The van der Waals surface area contributed by atoms with Crippen molar-refractivity contribution < 1.29 is 18.0 Å². The van der Waals surface area contributed by atoms with Crippen molar-refractivity contribution in [3.63, 3.8) is 0 Å². The zero-order valence-electron chi connectivity index (χ0n) is 17.3. The minimum absolute atomic E-state index is 0.0169. The van der Waals surface area contributed by atoms with Gasteiger partial charge in [-0.25, -0.2) is 8.42 Å². The smallest absolute Gasteiger partial charge is 0.238 e. The Morgan fingerprint density at radius 3 is 2.72 bits per heavy atom. The van der Waals surface area contributed by atoms with Crippen LogP contribution in [0.2, 0.25) is 0 Å². The Labute approximate surface area is 173 Å². The van der Waals surface area contributed by atoms with E-state index in [0.29, 0.717) is 40.7 Å². The summed E-state index contributed by atoms with van der Waals surface area (Å²) in [5.41, 5.74) is 1.55. The van der Waals surface area contributed by atoms with Crippen LogP contribution < -0.4 is 5.32 Å². The highest BCUT2D eigenvalue weighted by atomic mass is 32.2. The molecule has 1 amide bonds. The third kappa shape index (κ3) is 3.52.